The first-order valence-electron chi connectivity index (χ1n) is 9.01. The number of carboxylic acids is 1. The number of methoxy groups -OCH3 is 1. The molecule has 30 heavy (non-hydrogen) atoms. The second kappa shape index (κ2) is 9.64. The van der Waals surface area contributed by atoms with E-state index in [0.717, 1.165) is 16.7 Å². The Labute approximate surface area is 179 Å². The number of carboxylic acid groups (broad SMARTS) is 1. The molecular formula is C24H18ClNO4. The number of hydrogen-bond acceptors (Lipinski definition) is 4. The Morgan fingerprint density at radius 3 is 2.50 bits per heavy atom. The van der Waals surface area contributed by atoms with Crippen LogP contribution in [0.25, 0.3) is 11.6 Å². The highest BCUT2D eigenvalue weighted by molar-refractivity contribution is 6.30. The Kier molecular flexibility index (Phi) is 6.74. The van der Waals surface area contributed by atoms with Gasteiger partial charge in [-0.15, -0.1) is 0 Å². The van der Waals surface area contributed by atoms with Crippen LogP contribution in [0.5, 0.6) is 11.5 Å². The van der Waals surface area contributed by atoms with Gasteiger partial charge in [-0.25, -0.2) is 4.79 Å². The van der Waals surface area contributed by atoms with Crippen molar-refractivity contribution in [2.24, 2.45) is 0 Å². The Balaban J connectivity index is 1.81. The van der Waals surface area contributed by atoms with Crippen LogP contribution in [0.4, 0.5) is 0 Å². The Morgan fingerprint density at radius 1 is 1.07 bits per heavy atom. The van der Waals surface area contributed by atoms with Crippen LogP contribution in [0.1, 0.15) is 27.0 Å². The number of benzene rings is 3. The molecule has 0 heterocycles. The number of aromatic carboxylic acids is 1. The molecular weight excluding hydrogens is 402 g/mol. The molecule has 6 heteroatoms. The van der Waals surface area contributed by atoms with Gasteiger partial charge in [-0.2, -0.15) is 5.26 Å². The van der Waals surface area contributed by atoms with Crippen LogP contribution < -0.4 is 9.47 Å². The van der Waals surface area contributed by atoms with Crippen molar-refractivity contribution in [2.45, 2.75) is 6.61 Å². The lowest BCUT2D eigenvalue weighted by Crippen LogP contribution is -2.01. The van der Waals surface area contributed by atoms with Gasteiger partial charge in [0.1, 0.15) is 6.61 Å². The fraction of sp³-hybridized carbons (Fsp3) is 0.0833. The van der Waals surface area contributed by atoms with Gasteiger partial charge in [0, 0.05) is 5.02 Å². The van der Waals surface area contributed by atoms with E-state index < -0.39 is 5.97 Å². The van der Waals surface area contributed by atoms with E-state index in [1.165, 1.54) is 13.2 Å². The molecule has 0 bridgehead atoms. The van der Waals surface area contributed by atoms with Crippen LogP contribution in [0.2, 0.25) is 5.02 Å². The standard InChI is InChI=1S/C24H18ClNO4/c1-29-23-13-16(11-20(14-26)18-6-8-21(25)9-7-18)5-10-22(23)30-15-17-3-2-4-19(12-17)24(27)28/h2-13H,15H2,1H3,(H,27,28)/b20-11-. The highest BCUT2D eigenvalue weighted by atomic mass is 35.5. The maximum absolute atomic E-state index is 11.1. The van der Waals surface area contributed by atoms with E-state index in [4.69, 9.17) is 26.2 Å². The van der Waals surface area contributed by atoms with Gasteiger partial charge in [0.2, 0.25) is 0 Å². The van der Waals surface area contributed by atoms with Crippen LogP contribution in [0, 0.1) is 11.3 Å². The Hall–Kier alpha value is -3.75. The fourth-order valence-corrected chi connectivity index (χ4v) is 2.95. The molecule has 150 valence electrons. The lowest BCUT2D eigenvalue weighted by molar-refractivity contribution is 0.0696. The summed E-state index contributed by atoms with van der Waals surface area (Å²) in [6, 6.07) is 21.2. The highest BCUT2D eigenvalue weighted by Crippen LogP contribution is 2.30. The Morgan fingerprint density at radius 2 is 1.83 bits per heavy atom. The van der Waals surface area contributed by atoms with Gasteiger partial charge in [-0.3, -0.25) is 0 Å². The minimum Gasteiger partial charge on any atom is -0.493 e. The fourth-order valence-electron chi connectivity index (χ4n) is 2.82. The zero-order chi connectivity index (χ0) is 21.5. The van der Waals surface area contributed by atoms with Gasteiger partial charge in [-0.05, 0) is 59.2 Å². The third kappa shape index (κ3) is 5.19. The SMILES string of the molecule is COc1cc(/C=C(/C#N)c2ccc(Cl)cc2)ccc1OCc1cccc(C(=O)O)c1. The molecule has 3 aromatic carbocycles. The van der Waals surface area contributed by atoms with Crippen molar-refractivity contribution in [3.63, 3.8) is 0 Å². The number of allylic oxidation sites excluding steroid dienone is 1. The van der Waals surface area contributed by atoms with Crippen molar-refractivity contribution >= 4 is 29.2 Å². The largest absolute Gasteiger partial charge is 0.493 e. The van der Waals surface area contributed by atoms with Crippen LogP contribution in [-0.2, 0) is 6.61 Å². The summed E-state index contributed by atoms with van der Waals surface area (Å²) in [4.78, 5) is 11.1. The van der Waals surface area contributed by atoms with Gasteiger partial charge in [0.25, 0.3) is 0 Å². The van der Waals surface area contributed by atoms with E-state index in [1.54, 1.807) is 60.7 Å². The third-order valence-corrected chi connectivity index (χ3v) is 4.59. The molecule has 0 spiro atoms. The maximum atomic E-state index is 11.1. The average Bonchev–Trinajstić information content (AvgIpc) is 2.77. The quantitative estimate of drug-likeness (QED) is 0.393. The van der Waals surface area contributed by atoms with Gasteiger partial charge in [0.15, 0.2) is 11.5 Å². The predicted molar refractivity (Wildman–Crippen MR) is 116 cm³/mol. The van der Waals surface area contributed by atoms with E-state index >= 15 is 0 Å². The van der Waals surface area contributed by atoms with Crippen molar-refractivity contribution in [2.75, 3.05) is 7.11 Å². The molecule has 0 aliphatic heterocycles. The zero-order valence-corrected chi connectivity index (χ0v) is 16.9. The van der Waals surface area contributed by atoms with Crippen molar-refractivity contribution in [1.29, 1.82) is 5.26 Å². The lowest BCUT2D eigenvalue weighted by atomic mass is 10.0. The molecule has 0 radical (unpaired) electrons. The summed E-state index contributed by atoms with van der Waals surface area (Å²) < 4.78 is 11.2. The number of rotatable bonds is 7. The highest BCUT2D eigenvalue weighted by Gasteiger charge is 2.09. The van der Waals surface area contributed by atoms with Crippen molar-refractivity contribution < 1.29 is 19.4 Å². The summed E-state index contributed by atoms with van der Waals surface area (Å²) in [7, 11) is 1.53. The first-order chi connectivity index (χ1) is 14.5. The first kappa shape index (κ1) is 21.0. The first-order valence-corrected chi connectivity index (χ1v) is 9.39. The van der Waals surface area contributed by atoms with Crippen LogP contribution >= 0.6 is 11.6 Å². The third-order valence-electron chi connectivity index (χ3n) is 4.34. The molecule has 0 saturated carbocycles. The van der Waals surface area contributed by atoms with Crippen LogP contribution in [-0.4, -0.2) is 18.2 Å². The van der Waals surface area contributed by atoms with Crippen LogP contribution in [0.15, 0.2) is 66.7 Å². The van der Waals surface area contributed by atoms with E-state index in [1.807, 2.05) is 6.07 Å². The van der Waals surface area contributed by atoms with Crippen molar-refractivity contribution in [1.82, 2.24) is 0 Å². The van der Waals surface area contributed by atoms with Gasteiger partial charge in [-0.1, -0.05) is 41.9 Å². The molecule has 0 fully saturated rings. The maximum Gasteiger partial charge on any atom is 0.335 e. The van der Waals surface area contributed by atoms with E-state index in [-0.39, 0.29) is 12.2 Å². The number of halogens is 1. The summed E-state index contributed by atoms with van der Waals surface area (Å²) in [6.45, 7) is 0.195. The molecule has 1 N–H and O–H groups in total. The molecule has 0 aromatic heterocycles. The second-order valence-electron chi connectivity index (χ2n) is 6.38. The monoisotopic (exact) mass is 419 g/mol. The minimum absolute atomic E-state index is 0.195. The smallest absolute Gasteiger partial charge is 0.335 e. The summed E-state index contributed by atoms with van der Waals surface area (Å²) >= 11 is 5.91. The van der Waals surface area contributed by atoms with Crippen LogP contribution in [0.3, 0.4) is 0 Å². The molecule has 3 rings (SSSR count). The molecule has 0 amide bonds. The number of carbonyl (C=O) groups is 1. The van der Waals surface area contributed by atoms with Crippen molar-refractivity contribution in [3.05, 3.63) is 94.0 Å². The van der Waals surface area contributed by atoms with Gasteiger partial charge in [0.05, 0.1) is 24.3 Å². The molecule has 0 unspecified atom stereocenters. The number of hydrogen-bond donors (Lipinski definition) is 1. The van der Waals surface area contributed by atoms with E-state index in [2.05, 4.69) is 6.07 Å². The lowest BCUT2D eigenvalue weighted by Gasteiger charge is -2.12. The van der Waals surface area contributed by atoms with Gasteiger partial charge < -0.3 is 14.6 Å². The van der Waals surface area contributed by atoms with Crippen molar-refractivity contribution in [3.8, 4) is 17.6 Å². The second-order valence-corrected chi connectivity index (χ2v) is 6.82. The number of nitriles is 1. The molecule has 0 atom stereocenters. The summed E-state index contributed by atoms with van der Waals surface area (Å²) in [5, 5.41) is 19.2. The normalized spacial score (nSPS) is 10.9. The zero-order valence-electron chi connectivity index (χ0n) is 16.1. The molecule has 0 aliphatic rings. The minimum atomic E-state index is -0.987. The van der Waals surface area contributed by atoms with Gasteiger partial charge >= 0.3 is 5.97 Å². The predicted octanol–water partition coefficient (Wildman–Crippen LogP) is 5.69. The summed E-state index contributed by atoms with van der Waals surface area (Å²) in [5.41, 5.74) is 2.97. The number of ether oxygens (including phenoxy) is 2. The van der Waals surface area contributed by atoms with E-state index in [0.29, 0.717) is 22.1 Å². The molecule has 5 nitrogen and oxygen atoms in total. The Bertz CT molecular complexity index is 1130. The summed E-state index contributed by atoms with van der Waals surface area (Å²) in [6.07, 6.45) is 1.76. The van der Waals surface area contributed by atoms with E-state index in [9.17, 15) is 10.1 Å². The topological polar surface area (TPSA) is 79.5 Å². The molecule has 3 aromatic rings. The summed E-state index contributed by atoms with van der Waals surface area (Å²) in [5.74, 6) is 0.0338. The average molecular weight is 420 g/mol. The molecule has 0 saturated heterocycles. The molecule has 0 aliphatic carbocycles. The number of nitrogens with zero attached hydrogens (tertiary/aromatic N) is 1.